The lowest BCUT2D eigenvalue weighted by atomic mass is 9.89. The second-order valence-electron chi connectivity index (χ2n) is 6.76. The summed E-state index contributed by atoms with van der Waals surface area (Å²) >= 11 is 6.23. The van der Waals surface area contributed by atoms with Crippen LogP contribution in [0.15, 0.2) is 47.6 Å². The van der Waals surface area contributed by atoms with Crippen molar-refractivity contribution in [2.75, 3.05) is 6.54 Å². The number of alkyl halides is 2. The zero-order valence-electron chi connectivity index (χ0n) is 15.8. The minimum Gasteiger partial charge on any atom is -0.322 e. The van der Waals surface area contributed by atoms with Gasteiger partial charge in [0.15, 0.2) is 0 Å². The van der Waals surface area contributed by atoms with Crippen molar-refractivity contribution >= 4 is 28.8 Å². The maximum absolute atomic E-state index is 15.6. The van der Waals surface area contributed by atoms with Gasteiger partial charge in [-0.2, -0.15) is 13.9 Å². The number of halogens is 5. The Balaban J connectivity index is 2.13. The number of hydrogen-bond acceptors (Lipinski definition) is 4. The van der Waals surface area contributed by atoms with E-state index >= 15 is 8.78 Å². The van der Waals surface area contributed by atoms with E-state index in [0.29, 0.717) is 16.5 Å². The first kappa shape index (κ1) is 21.8. The van der Waals surface area contributed by atoms with Gasteiger partial charge in [-0.25, -0.2) is 19.6 Å². The molecule has 158 valence electrons. The van der Waals surface area contributed by atoms with Gasteiger partial charge in [0.1, 0.15) is 23.7 Å². The molecule has 0 aliphatic heterocycles. The molecular formula is C20H18ClF4N5. The first-order chi connectivity index (χ1) is 14.1. The van der Waals surface area contributed by atoms with Crippen LogP contribution in [0, 0.1) is 18.6 Å². The number of fused-ring (bicyclic) bond motifs is 1. The average molecular weight is 440 g/mol. The maximum Gasteiger partial charge on any atom is 0.298 e. The van der Waals surface area contributed by atoms with Gasteiger partial charge in [0.05, 0.1) is 16.5 Å². The molecular weight excluding hydrogens is 422 g/mol. The number of pyridine rings is 1. The molecule has 0 amide bonds. The van der Waals surface area contributed by atoms with Crippen molar-refractivity contribution in [1.82, 2.24) is 9.99 Å². The van der Waals surface area contributed by atoms with E-state index in [1.165, 1.54) is 6.07 Å². The second kappa shape index (κ2) is 8.45. The maximum atomic E-state index is 15.6. The largest absolute Gasteiger partial charge is 0.322 e. The molecule has 1 atom stereocenters. The Hall–Kier alpha value is -2.91. The predicted octanol–water partition coefficient (Wildman–Crippen LogP) is 4.43. The van der Waals surface area contributed by atoms with Crippen LogP contribution in [0.4, 0.5) is 17.6 Å². The standard InChI is InChI=1S/C20H18ClF4N5/c1-11-2-6-17-14(19(11)21)5-7-18(29-17)20(24,25)15(9-30(27)10-28-26)13-4-3-12(22)8-16(13)23/h2-8,10,15H,9,26-27H2,1H3/b28-10-. The summed E-state index contributed by atoms with van der Waals surface area (Å²) in [5.41, 5.74) is -0.00125. The van der Waals surface area contributed by atoms with Crippen molar-refractivity contribution in [1.29, 1.82) is 0 Å². The van der Waals surface area contributed by atoms with Crippen molar-refractivity contribution in [2.24, 2.45) is 16.8 Å². The fraction of sp³-hybridized carbons (Fsp3) is 0.200. The monoisotopic (exact) mass is 439 g/mol. The summed E-state index contributed by atoms with van der Waals surface area (Å²) in [5, 5.41) is 4.89. The highest BCUT2D eigenvalue weighted by atomic mass is 35.5. The molecule has 1 heterocycles. The Morgan fingerprint density at radius 3 is 2.60 bits per heavy atom. The van der Waals surface area contributed by atoms with Gasteiger partial charge >= 0.3 is 0 Å². The molecule has 2 aromatic carbocycles. The molecule has 3 aromatic rings. The first-order valence-electron chi connectivity index (χ1n) is 8.79. The second-order valence-corrected chi connectivity index (χ2v) is 7.14. The van der Waals surface area contributed by atoms with Gasteiger partial charge < -0.3 is 5.84 Å². The molecule has 0 fully saturated rings. The van der Waals surface area contributed by atoms with Crippen molar-refractivity contribution in [3.63, 3.8) is 0 Å². The molecule has 0 spiro atoms. The Morgan fingerprint density at radius 1 is 1.20 bits per heavy atom. The van der Waals surface area contributed by atoms with E-state index in [1.807, 2.05) is 0 Å². The Morgan fingerprint density at radius 2 is 1.93 bits per heavy atom. The number of benzene rings is 2. The number of rotatable bonds is 6. The van der Waals surface area contributed by atoms with Crippen LogP contribution in [-0.4, -0.2) is 22.9 Å². The lowest BCUT2D eigenvalue weighted by molar-refractivity contribution is -0.0440. The highest BCUT2D eigenvalue weighted by Crippen LogP contribution is 2.43. The Labute approximate surface area is 174 Å². The molecule has 3 rings (SSSR count). The molecule has 0 aliphatic rings. The molecule has 1 unspecified atom stereocenters. The number of hydrogen-bond donors (Lipinski definition) is 2. The lowest BCUT2D eigenvalue weighted by Gasteiger charge is -2.30. The first-order valence-corrected chi connectivity index (χ1v) is 9.16. The number of hydrazone groups is 1. The van der Waals surface area contributed by atoms with E-state index in [2.05, 4.69) is 10.1 Å². The minimum absolute atomic E-state index is 0.259. The Bertz CT molecular complexity index is 1110. The van der Waals surface area contributed by atoms with E-state index in [4.69, 9.17) is 23.3 Å². The van der Waals surface area contributed by atoms with Crippen molar-refractivity contribution in [3.05, 3.63) is 75.9 Å². The summed E-state index contributed by atoms with van der Waals surface area (Å²) in [5.74, 6) is 3.15. The van der Waals surface area contributed by atoms with Crippen molar-refractivity contribution < 1.29 is 17.6 Å². The normalized spacial score (nSPS) is 13.2. The molecule has 0 saturated carbocycles. The van der Waals surface area contributed by atoms with Gasteiger partial charge in [-0.15, -0.1) is 0 Å². The number of nitrogens with zero attached hydrogens (tertiary/aromatic N) is 3. The number of hydrazine groups is 1. The van der Waals surface area contributed by atoms with Crippen LogP contribution in [0.25, 0.3) is 10.9 Å². The van der Waals surface area contributed by atoms with Crippen molar-refractivity contribution in [3.8, 4) is 0 Å². The average Bonchev–Trinajstić information content (AvgIpc) is 2.69. The van der Waals surface area contributed by atoms with Gasteiger partial charge in [-0.1, -0.05) is 23.7 Å². The summed E-state index contributed by atoms with van der Waals surface area (Å²) in [6, 6.07) is 8.18. The molecule has 10 heteroatoms. The van der Waals surface area contributed by atoms with E-state index in [0.717, 1.165) is 35.1 Å². The quantitative estimate of drug-likeness (QED) is 0.196. The molecule has 0 radical (unpaired) electrons. The Kier molecular flexibility index (Phi) is 6.14. The molecule has 1 aromatic heterocycles. The smallest absolute Gasteiger partial charge is 0.298 e. The predicted molar refractivity (Wildman–Crippen MR) is 108 cm³/mol. The zero-order valence-corrected chi connectivity index (χ0v) is 16.5. The van der Waals surface area contributed by atoms with E-state index in [9.17, 15) is 8.78 Å². The molecule has 0 bridgehead atoms. The number of aryl methyl sites for hydroxylation is 1. The third kappa shape index (κ3) is 4.17. The third-order valence-corrected chi connectivity index (χ3v) is 5.23. The van der Waals surface area contributed by atoms with Gasteiger partial charge in [0, 0.05) is 18.0 Å². The molecule has 30 heavy (non-hydrogen) atoms. The summed E-state index contributed by atoms with van der Waals surface area (Å²) < 4.78 is 58.9. The lowest BCUT2D eigenvalue weighted by Crippen LogP contribution is -2.40. The molecule has 0 aliphatic carbocycles. The molecule has 4 N–H and O–H groups in total. The number of aromatic nitrogens is 1. The van der Waals surface area contributed by atoms with E-state index in [-0.39, 0.29) is 5.52 Å². The van der Waals surface area contributed by atoms with Crippen LogP contribution < -0.4 is 11.7 Å². The summed E-state index contributed by atoms with van der Waals surface area (Å²) in [6.07, 6.45) is 0.918. The van der Waals surface area contributed by atoms with Gasteiger partial charge in [0.2, 0.25) is 0 Å². The number of nitrogens with two attached hydrogens (primary N) is 2. The minimum atomic E-state index is -3.68. The highest BCUT2D eigenvalue weighted by Gasteiger charge is 2.45. The van der Waals surface area contributed by atoms with Gasteiger partial charge in [-0.3, -0.25) is 5.01 Å². The topological polar surface area (TPSA) is 80.5 Å². The summed E-state index contributed by atoms with van der Waals surface area (Å²) in [7, 11) is 0. The third-order valence-electron chi connectivity index (χ3n) is 4.72. The zero-order chi connectivity index (χ0) is 22.1. The van der Waals surface area contributed by atoms with Crippen LogP contribution in [0.1, 0.15) is 22.7 Å². The van der Waals surface area contributed by atoms with Crippen LogP contribution in [0.5, 0.6) is 0 Å². The van der Waals surface area contributed by atoms with Gasteiger partial charge in [0.25, 0.3) is 5.92 Å². The SMILES string of the molecule is Cc1ccc2nc(C(F)(F)C(CN(N)/C=N\N)c3ccc(F)cc3F)ccc2c1Cl. The summed E-state index contributed by atoms with van der Waals surface area (Å²) in [4.78, 5) is 4.05. The van der Waals surface area contributed by atoms with E-state index < -0.39 is 41.3 Å². The van der Waals surface area contributed by atoms with Crippen molar-refractivity contribution in [2.45, 2.75) is 18.8 Å². The fourth-order valence-electron chi connectivity index (χ4n) is 3.18. The summed E-state index contributed by atoms with van der Waals surface area (Å²) in [6.45, 7) is 1.22. The van der Waals surface area contributed by atoms with Crippen LogP contribution in [0.2, 0.25) is 5.02 Å². The fourth-order valence-corrected chi connectivity index (χ4v) is 3.40. The van der Waals surface area contributed by atoms with Crippen LogP contribution in [-0.2, 0) is 5.92 Å². The van der Waals surface area contributed by atoms with Crippen LogP contribution in [0.3, 0.4) is 0 Å². The van der Waals surface area contributed by atoms with E-state index in [1.54, 1.807) is 19.1 Å². The van der Waals surface area contributed by atoms with Gasteiger partial charge in [-0.05, 0) is 42.3 Å². The van der Waals surface area contributed by atoms with Crippen LogP contribution >= 0.6 is 11.6 Å². The highest BCUT2D eigenvalue weighted by molar-refractivity contribution is 6.36. The molecule has 0 saturated heterocycles. The molecule has 5 nitrogen and oxygen atoms in total.